The fraction of sp³-hybridized carbons (Fsp3) is 0.0500. The van der Waals surface area contributed by atoms with Gasteiger partial charge in [-0.25, -0.2) is 0 Å². The SMILES string of the molecule is O=S(=O)(Nn1nc(C(F)(F)F)cc1-c1ccc(-c2ccsc2)cc1)c1ccccc1. The minimum absolute atomic E-state index is 0.0290. The van der Waals surface area contributed by atoms with Crippen LogP contribution in [0.1, 0.15) is 5.69 Å². The Morgan fingerprint density at radius 1 is 0.900 bits per heavy atom. The van der Waals surface area contributed by atoms with Crippen molar-refractivity contribution in [2.24, 2.45) is 0 Å². The number of alkyl halides is 3. The average Bonchev–Trinajstić information content (AvgIpc) is 3.38. The molecule has 0 fully saturated rings. The van der Waals surface area contributed by atoms with Crippen LogP contribution in [0, 0.1) is 0 Å². The number of hydrogen-bond acceptors (Lipinski definition) is 4. The Morgan fingerprint density at radius 3 is 2.17 bits per heavy atom. The molecule has 0 saturated carbocycles. The van der Waals surface area contributed by atoms with Crippen molar-refractivity contribution in [2.45, 2.75) is 11.1 Å². The molecule has 30 heavy (non-hydrogen) atoms. The van der Waals surface area contributed by atoms with E-state index in [0.717, 1.165) is 17.2 Å². The highest BCUT2D eigenvalue weighted by Gasteiger charge is 2.35. The van der Waals surface area contributed by atoms with Crippen molar-refractivity contribution < 1.29 is 21.6 Å². The van der Waals surface area contributed by atoms with Crippen LogP contribution in [-0.2, 0) is 16.2 Å². The minimum Gasteiger partial charge on any atom is -0.200 e. The summed E-state index contributed by atoms with van der Waals surface area (Å²) in [5, 5.41) is 7.32. The monoisotopic (exact) mass is 449 g/mol. The lowest BCUT2D eigenvalue weighted by Gasteiger charge is -2.11. The maximum absolute atomic E-state index is 13.3. The standard InChI is InChI=1S/C20H14F3N3O2S2/c21-20(22,23)19-12-18(15-8-6-14(7-9-15)16-10-11-29-13-16)26(24-19)25-30(27,28)17-4-2-1-3-5-17/h1-13,25H. The van der Waals surface area contributed by atoms with Crippen LogP contribution in [0.2, 0.25) is 0 Å². The van der Waals surface area contributed by atoms with Gasteiger partial charge in [-0.05, 0) is 46.2 Å². The molecular weight excluding hydrogens is 435 g/mol. The van der Waals surface area contributed by atoms with Crippen molar-refractivity contribution >= 4 is 21.4 Å². The topological polar surface area (TPSA) is 64.0 Å². The number of halogens is 3. The van der Waals surface area contributed by atoms with Crippen LogP contribution in [0.3, 0.4) is 0 Å². The first-order valence-corrected chi connectivity index (χ1v) is 11.0. The highest BCUT2D eigenvalue weighted by atomic mass is 32.2. The molecular formula is C20H14F3N3O2S2. The Kier molecular flexibility index (Phi) is 5.12. The Morgan fingerprint density at radius 2 is 1.57 bits per heavy atom. The molecule has 10 heteroatoms. The molecule has 0 atom stereocenters. The molecule has 2 heterocycles. The summed E-state index contributed by atoms with van der Waals surface area (Å²) in [4.78, 5) is 2.67. The molecule has 0 amide bonds. The van der Waals surface area contributed by atoms with Gasteiger partial charge >= 0.3 is 6.18 Å². The van der Waals surface area contributed by atoms with E-state index < -0.39 is 21.9 Å². The van der Waals surface area contributed by atoms with Gasteiger partial charge in [0.15, 0.2) is 5.69 Å². The van der Waals surface area contributed by atoms with Gasteiger partial charge in [-0.1, -0.05) is 42.5 Å². The van der Waals surface area contributed by atoms with Crippen molar-refractivity contribution in [1.82, 2.24) is 9.89 Å². The van der Waals surface area contributed by atoms with E-state index in [4.69, 9.17) is 0 Å². The second-order valence-corrected chi connectivity index (χ2v) is 8.76. The van der Waals surface area contributed by atoms with Crippen molar-refractivity contribution in [3.05, 3.63) is 83.2 Å². The van der Waals surface area contributed by atoms with E-state index in [2.05, 4.69) is 9.93 Å². The van der Waals surface area contributed by atoms with Crippen molar-refractivity contribution in [3.63, 3.8) is 0 Å². The van der Waals surface area contributed by atoms with E-state index in [0.29, 0.717) is 10.4 Å². The first-order chi connectivity index (χ1) is 14.2. The summed E-state index contributed by atoms with van der Waals surface area (Å²) in [7, 11) is -4.14. The van der Waals surface area contributed by atoms with Crippen LogP contribution in [-0.4, -0.2) is 18.3 Å². The summed E-state index contributed by atoms with van der Waals surface area (Å²) in [5.41, 5.74) is 1.04. The number of nitrogens with one attached hydrogen (secondary N) is 1. The lowest BCUT2D eigenvalue weighted by molar-refractivity contribution is -0.141. The lowest BCUT2D eigenvalue weighted by Crippen LogP contribution is -2.25. The summed E-state index contributed by atoms with van der Waals surface area (Å²) in [6, 6.07) is 16.8. The third kappa shape index (κ3) is 4.10. The van der Waals surface area contributed by atoms with Crippen molar-refractivity contribution in [3.8, 4) is 22.4 Å². The maximum atomic E-state index is 13.3. The van der Waals surface area contributed by atoms with Gasteiger partial charge in [0.05, 0.1) is 10.6 Å². The molecule has 154 valence electrons. The lowest BCUT2D eigenvalue weighted by atomic mass is 10.1. The summed E-state index contributed by atoms with van der Waals surface area (Å²) < 4.78 is 65.0. The number of nitrogens with zero attached hydrogens (tertiary/aromatic N) is 2. The van der Waals surface area contributed by atoms with E-state index in [1.807, 2.05) is 16.8 Å². The van der Waals surface area contributed by atoms with Crippen LogP contribution >= 0.6 is 11.3 Å². The van der Waals surface area contributed by atoms with E-state index in [1.54, 1.807) is 30.3 Å². The van der Waals surface area contributed by atoms with Gasteiger partial charge < -0.3 is 0 Å². The Balaban J connectivity index is 1.75. The highest BCUT2D eigenvalue weighted by Crippen LogP contribution is 2.32. The predicted molar refractivity (Wildman–Crippen MR) is 109 cm³/mol. The van der Waals surface area contributed by atoms with E-state index in [9.17, 15) is 21.6 Å². The first-order valence-electron chi connectivity index (χ1n) is 8.62. The van der Waals surface area contributed by atoms with Crippen LogP contribution in [0.15, 0.2) is 82.4 Å². The number of rotatable bonds is 5. The molecule has 0 bridgehead atoms. The first kappa shape index (κ1) is 20.2. The van der Waals surface area contributed by atoms with E-state index in [1.165, 1.54) is 35.6 Å². The Hall–Kier alpha value is -3.11. The number of benzene rings is 2. The fourth-order valence-electron chi connectivity index (χ4n) is 2.82. The molecule has 4 rings (SSSR count). The highest BCUT2D eigenvalue weighted by molar-refractivity contribution is 7.92. The predicted octanol–water partition coefficient (Wildman–Crippen LogP) is 5.23. The molecule has 2 aromatic heterocycles. The molecule has 0 unspecified atom stereocenters. The van der Waals surface area contributed by atoms with Crippen LogP contribution < -0.4 is 4.83 Å². The molecule has 1 N–H and O–H groups in total. The zero-order chi connectivity index (χ0) is 21.4. The maximum Gasteiger partial charge on any atom is 0.435 e. The number of sulfonamides is 1. The van der Waals surface area contributed by atoms with E-state index >= 15 is 0 Å². The van der Waals surface area contributed by atoms with Gasteiger partial charge in [0, 0.05) is 5.56 Å². The molecule has 0 spiro atoms. The summed E-state index contributed by atoms with van der Waals surface area (Å²) in [6.07, 6.45) is -4.73. The van der Waals surface area contributed by atoms with Crippen LogP contribution in [0.4, 0.5) is 13.2 Å². The Bertz CT molecular complexity index is 1250. The fourth-order valence-corrected chi connectivity index (χ4v) is 4.48. The minimum atomic E-state index is -4.73. The smallest absolute Gasteiger partial charge is 0.200 e. The summed E-state index contributed by atoms with van der Waals surface area (Å²) in [5.74, 6) is 0. The Labute approximate surface area is 174 Å². The van der Waals surface area contributed by atoms with Crippen LogP contribution in [0.5, 0.6) is 0 Å². The van der Waals surface area contributed by atoms with Gasteiger partial charge in [-0.2, -0.15) is 42.5 Å². The van der Waals surface area contributed by atoms with Crippen molar-refractivity contribution in [2.75, 3.05) is 4.83 Å². The number of hydrogen-bond donors (Lipinski definition) is 1. The molecule has 2 aromatic carbocycles. The van der Waals surface area contributed by atoms with Gasteiger partial charge in [0.2, 0.25) is 0 Å². The molecule has 0 aliphatic heterocycles. The summed E-state index contributed by atoms with van der Waals surface area (Å²) in [6.45, 7) is 0. The number of aromatic nitrogens is 2. The van der Waals surface area contributed by atoms with Gasteiger partial charge in [-0.3, -0.25) is 0 Å². The van der Waals surface area contributed by atoms with Gasteiger partial charge in [0.25, 0.3) is 10.0 Å². The molecule has 0 aliphatic rings. The molecule has 0 radical (unpaired) electrons. The summed E-state index contributed by atoms with van der Waals surface area (Å²) >= 11 is 1.53. The normalized spacial score (nSPS) is 12.1. The third-order valence-electron chi connectivity index (χ3n) is 4.30. The van der Waals surface area contributed by atoms with E-state index in [-0.39, 0.29) is 10.6 Å². The third-order valence-corrected chi connectivity index (χ3v) is 6.28. The second kappa shape index (κ2) is 7.62. The average molecular weight is 449 g/mol. The van der Waals surface area contributed by atoms with Crippen LogP contribution in [0.25, 0.3) is 22.4 Å². The van der Waals surface area contributed by atoms with Gasteiger partial charge in [-0.15, -0.1) is 5.10 Å². The second-order valence-electron chi connectivity index (χ2n) is 6.32. The molecule has 4 aromatic rings. The largest absolute Gasteiger partial charge is 0.435 e. The molecule has 0 aliphatic carbocycles. The molecule has 5 nitrogen and oxygen atoms in total. The quantitative estimate of drug-likeness (QED) is 0.454. The van der Waals surface area contributed by atoms with Crippen molar-refractivity contribution in [1.29, 1.82) is 0 Å². The zero-order valence-electron chi connectivity index (χ0n) is 15.2. The molecule has 0 saturated heterocycles. The van der Waals surface area contributed by atoms with Gasteiger partial charge in [0.1, 0.15) is 0 Å². The zero-order valence-corrected chi connectivity index (χ0v) is 16.8. The number of thiophene rings is 1.